The molecule has 0 aliphatic rings. The summed E-state index contributed by atoms with van der Waals surface area (Å²) in [6.07, 6.45) is 1.99. The van der Waals surface area contributed by atoms with Gasteiger partial charge in [0.1, 0.15) is 17.4 Å². The first-order chi connectivity index (χ1) is 12.6. The molecule has 2 aromatic heterocycles. The largest absolute Gasteiger partial charge is 0.491 e. The average molecular weight is 367 g/mol. The van der Waals surface area contributed by atoms with Gasteiger partial charge in [-0.15, -0.1) is 11.3 Å². The Morgan fingerprint density at radius 3 is 2.69 bits per heavy atom. The van der Waals surface area contributed by atoms with Crippen molar-refractivity contribution in [2.45, 2.75) is 20.3 Å². The minimum atomic E-state index is -0.0621. The lowest BCUT2D eigenvalue weighted by Crippen LogP contribution is -2.29. The maximum Gasteiger partial charge on any atom is 0.226 e. The van der Waals surface area contributed by atoms with Crippen molar-refractivity contribution in [1.29, 1.82) is 0 Å². The summed E-state index contributed by atoms with van der Waals surface area (Å²) in [5, 5.41) is 5.60. The third-order valence-corrected chi connectivity index (χ3v) is 4.77. The molecule has 3 aromatic rings. The fraction of sp³-hybridized carbons (Fsp3) is 0.250. The Morgan fingerprint density at radius 1 is 1.15 bits per heavy atom. The fourth-order valence-electron chi connectivity index (χ4n) is 2.59. The number of thiazole rings is 1. The fourth-order valence-corrected chi connectivity index (χ4v) is 3.39. The van der Waals surface area contributed by atoms with Crippen LogP contribution < -0.4 is 10.1 Å². The zero-order valence-corrected chi connectivity index (χ0v) is 15.7. The Bertz CT molecular complexity index is 858. The number of hydrogen-bond acceptors (Lipinski definition) is 5. The lowest BCUT2D eigenvalue weighted by atomic mass is 10.1. The maximum atomic E-state index is 12.1. The highest BCUT2D eigenvalue weighted by molar-refractivity contribution is 7.13. The maximum absolute atomic E-state index is 12.1. The van der Waals surface area contributed by atoms with Gasteiger partial charge in [-0.1, -0.05) is 24.3 Å². The lowest BCUT2D eigenvalue weighted by molar-refractivity contribution is -0.120. The van der Waals surface area contributed by atoms with Gasteiger partial charge in [0.15, 0.2) is 0 Å². The summed E-state index contributed by atoms with van der Waals surface area (Å²) in [5.41, 5.74) is 3.77. The van der Waals surface area contributed by atoms with Crippen LogP contribution in [0.1, 0.15) is 16.8 Å². The highest BCUT2D eigenvalue weighted by Gasteiger charge is 2.10. The van der Waals surface area contributed by atoms with Crippen molar-refractivity contribution in [2.24, 2.45) is 0 Å². The number of carbonyl (C=O) groups is 1. The van der Waals surface area contributed by atoms with Gasteiger partial charge >= 0.3 is 0 Å². The van der Waals surface area contributed by atoms with E-state index in [0.29, 0.717) is 13.2 Å². The van der Waals surface area contributed by atoms with Crippen LogP contribution in [0.2, 0.25) is 0 Å². The van der Waals surface area contributed by atoms with Crippen molar-refractivity contribution >= 4 is 17.2 Å². The van der Waals surface area contributed by atoms with Crippen LogP contribution in [-0.2, 0) is 11.2 Å². The van der Waals surface area contributed by atoms with Crippen molar-refractivity contribution in [1.82, 2.24) is 15.3 Å². The Kier molecular flexibility index (Phi) is 5.96. The summed E-state index contributed by atoms with van der Waals surface area (Å²) < 4.78 is 5.79. The van der Waals surface area contributed by atoms with E-state index in [1.165, 1.54) is 11.3 Å². The molecule has 6 heteroatoms. The third-order valence-electron chi connectivity index (χ3n) is 3.86. The van der Waals surface area contributed by atoms with E-state index in [-0.39, 0.29) is 12.3 Å². The minimum Gasteiger partial charge on any atom is -0.491 e. The van der Waals surface area contributed by atoms with Crippen LogP contribution in [0.15, 0.2) is 48.0 Å². The van der Waals surface area contributed by atoms with E-state index < -0.39 is 0 Å². The smallest absolute Gasteiger partial charge is 0.226 e. The number of rotatable bonds is 7. The Morgan fingerprint density at radius 2 is 1.96 bits per heavy atom. The molecule has 0 saturated heterocycles. The standard InChI is InChI=1S/C20H21N3O2S/c1-14-6-5-7-15(2)19(14)25-11-10-22-18(24)12-16-13-26-20(23-16)17-8-3-4-9-21-17/h3-9,13H,10-12H2,1-2H3,(H,22,24). The van der Waals surface area contributed by atoms with Crippen LogP contribution in [0.25, 0.3) is 10.7 Å². The number of aromatic nitrogens is 2. The van der Waals surface area contributed by atoms with Crippen molar-refractivity contribution in [3.63, 3.8) is 0 Å². The Hall–Kier alpha value is -2.73. The van der Waals surface area contributed by atoms with Crippen molar-refractivity contribution in [3.05, 3.63) is 64.8 Å². The molecule has 2 heterocycles. The molecule has 0 aliphatic heterocycles. The molecule has 0 aliphatic carbocycles. The summed E-state index contributed by atoms with van der Waals surface area (Å²) in [7, 11) is 0. The summed E-state index contributed by atoms with van der Waals surface area (Å²) in [6, 6.07) is 11.7. The predicted molar refractivity (Wildman–Crippen MR) is 103 cm³/mol. The first-order valence-electron chi connectivity index (χ1n) is 8.45. The second-order valence-corrected chi connectivity index (χ2v) is 6.81. The first kappa shape index (κ1) is 18.1. The van der Waals surface area contributed by atoms with Crippen LogP contribution in [0.3, 0.4) is 0 Å². The molecule has 0 fully saturated rings. The summed E-state index contributed by atoms with van der Waals surface area (Å²) >= 11 is 1.50. The van der Waals surface area contributed by atoms with Crippen LogP contribution in [0.5, 0.6) is 5.75 Å². The van der Waals surface area contributed by atoms with E-state index in [0.717, 1.165) is 33.3 Å². The molecule has 0 radical (unpaired) electrons. The molecule has 0 unspecified atom stereocenters. The zero-order chi connectivity index (χ0) is 18.4. The molecular weight excluding hydrogens is 346 g/mol. The third kappa shape index (κ3) is 4.67. The van der Waals surface area contributed by atoms with E-state index in [1.807, 2.05) is 55.6 Å². The van der Waals surface area contributed by atoms with Crippen LogP contribution >= 0.6 is 11.3 Å². The lowest BCUT2D eigenvalue weighted by Gasteiger charge is -2.12. The molecule has 1 aromatic carbocycles. The minimum absolute atomic E-state index is 0.0621. The number of nitrogens with one attached hydrogen (secondary N) is 1. The number of pyridine rings is 1. The Labute approximate surface area is 157 Å². The van der Waals surface area contributed by atoms with Gasteiger partial charge < -0.3 is 10.1 Å². The predicted octanol–water partition coefficient (Wildman–Crippen LogP) is 3.56. The highest BCUT2D eigenvalue weighted by Crippen LogP contribution is 2.22. The van der Waals surface area contributed by atoms with Gasteiger partial charge in [-0.3, -0.25) is 9.78 Å². The van der Waals surface area contributed by atoms with E-state index in [1.54, 1.807) is 6.20 Å². The molecule has 0 spiro atoms. The topological polar surface area (TPSA) is 64.1 Å². The summed E-state index contributed by atoms with van der Waals surface area (Å²) in [5.74, 6) is 0.828. The van der Waals surface area contributed by atoms with Crippen molar-refractivity contribution < 1.29 is 9.53 Å². The van der Waals surface area contributed by atoms with Crippen LogP contribution in [0, 0.1) is 13.8 Å². The highest BCUT2D eigenvalue weighted by atomic mass is 32.1. The van der Waals surface area contributed by atoms with Crippen LogP contribution in [0.4, 0.5) is 0 Å². The number of aryl methyl sites for hydroxylation is 2. The second kappa shape index (κ2) is 8.58. The number of hydrogen-bond donors (Lipinski definition) is 1. The van der Waals surface area contributed by atoms with Crippen molar-refractivity contribution in [2.75, 3.05) is 13.2 Å². The molecule has 1 N–H and O–H groups in total. The monoisotopic (exact) mass is 367 g/mol. The number of ether oxygens (including phenoxy) is 1. The molecule has 134 valence electrons. The first-order valence-corrected chi connectivity index (χ1v) is 9.33. The van der Waals surface area contributed by atoms with Gasteiger partial charge in [-0.05, 0) is 37.1 Å². The molecule has 0 saturated carbocycles. The Balaban J connectivity index is 1.46. The SMILES string of the molecule is Cc1cccc(C)c1OCCNC(=O)Cc1csc(-c2ccccn2)n1. The normalized spacial score (nSPS) is 10.5. The second-order valence-electron chi connectivity index (χ2n) is 5.96. The van der Waals surface area contributed by atoms with Gasteiger partial charge in [-0.25, -0.2) is 4.98 Å². The van der Waals surface area contributed by atoms with Gasteiger partial charge in [0.25, 0.3) is 0 Å². The van der Waals surface area contributed by atoms with Gasteiger partial charge in [-0.2, -0.15) is 0 Å². The molecule has 0 bridgehead atoms. The van der Waals surface area contributed by atoms with E-state index >= 15 is 0 Å². The number of para-hydroxylation sites is 1. The number of benzene rings is 1. The summed E-state index contributed by atoms with van der Waals surface area (Å²) in [6.45, 7) is 4.93. The van der Waals surface area contributed by atoms with Crippen molar-refractivity contribution in [3.8, 4) is 16.5 Å². The molecule has 5 nitrogen and oxygen atoms in total. The van der Waals surface area contributed by atoms with E-state index in [4.69, 9.17) is 4.74 Å². The van der Waals surface area contributed by atoms with E-state index in [9.17, 15) is 4.79 Å². The molecule has 1 amide bonds. The number of carbonyl (C=O) groups excluding carboxylic acids is 1. The summed E-state index contributed by atoms with van der Waals surface area (Å²) in [4.78, 5) is 20.8. The number of amides is 1. The zero-order valence-electron chi connectivity index (χ0n) is 14.9. The van der Waals surface area contributed by atoms with Gasteiger partial charge in [0.2, 0.25) is 5.91 Å². The van der Waals surface area contributed by atoms with Crippen LogP contribution in [-0.4, -0.2) is 29.0 Å². The molecule has 3 rings (SSSR count). The number of nitrogens with zero attached hydrogens (tertiary/aromatic N) is 2. The van der Waals surface area contributed by atoms with E-state index in [2.05, 4.69) is 15.3 Å². The van der Waals surface area contributed by atoms with Gasteiger partial charge in [0.05, 0.1) is 24.4 Å². The molecular formula is C20H21N3O2S. The molecule has 0 atom stereocenters. The quantitative estimate of drug-likeness (QED) is 0.649. The van der Waals surface area contributed by atoms with Gasteiger partial charge in [0, 0.05) is 11.6 Å². The average Bonchev–Trinajstić information content (AvgIpc) is 3.10. The molecule has 26 heavy (non-hydrogen) atoms.